The van der Waals surface area contributed by atoms with Crippen LogP contribution in [0.15, 0.2) is 24.5 Å². The number of carbonyl (C=O) groups excluding carboxylic acids is 1. The third-order valence-electron chi connectivity index (χ3n) is 4.96. The second kappa shape index (κ2) is 8.51. The molecule has 1 aliphatic heterocycles. The van der Waals surface area contributed by atoms with Crippen molar-refractivity contribution in [3.05, 3.63) is 46.2 Å². The van der Waals surface area contributed by atoms with Gasteiger partial charge in [0, 0.05) is 36.9 Å². The quantitative estimate of drug-likeness (QED) is 0.800. The predicted octanol–water partition coefficient (Wildman–Crippen LogP) is 3.22. The number of carbonyl (C=O) groups is 1. The number of fused-ring (bicyclic) bond motifs is 1. The lowest BCUT2D eigenvalue weighted by Crippen LogP contribution is -2.38. The highest BCUT2D eigenvalue weighted by Gasteiger charge is 2.27. The highest BCUT2D eigenvalue weighted by Crippen LogP contribution is 2.35. The van der Waals surface area contributed by atoms with Crippen LogP contribution in [0.3, 0.4) is 0 Å². The maximum absolute atomic E-state index is 13.3. The molecule has 2 aromatic rings. The number of nitrogens with one attached hydrogen (secondary N) is 1. The molecular weight excluding hydrogens is 399 g/mol. The lowest BCUT2D eigenvalue weighted by atomic mass is 10.1. The monoisotopic (exact) mass is 420 g/mol. The van der Waals surface area contributed by atoms with Gasteiger partial charge in [-0.3, -0.25) is 4.79 Å². The van der Waals surface area contributed by atoms with Gasteiger partial charge in [-0.05, 0) is 42.5 Å². The fraction of sp³-hybridized carbons (Fsp3) is 0.450. The molecule has 29 heavy (non-hydrogen) atoms. The van der Waals surface area contributed by atoms with Crippen molar-refractivity contribution in [2.24, 2.45) is 0 Å². The van der Waals surface area contributed by atoms with Crippen LogP contribution in [0.4, 0.5) is 10.3 Å². The predicted molar refractivity (Wildman–Crippen MR) is 106 cm³/mol. The van der Waals surface area contributed by atoms with Gasteiger partial charge in [0.05, 0.1) is 12.2 Å². The number of halogens is 2. The Morgan fingerprint density at radius 3 is 2.86 bits per heavy atom. The molecule has 0 bridgehead atoms. The number of benzene rings is 1. The van der Waals surface area contributed by atoms with E-state index in [0.29, 0.717) is 55.0 Å². The number of alkyl halides is 1. The fourth-order valence-electron chi connectivity index (χ4n) is 3.68. The maximum Gasteiger partial charge on any atom is 0.258 e. The van der Waals surface area contributed by atoms with Crippen LogP contribution >= 0.6 is 11.6 Å². The van der Waals surface area contributed by atoms with Crippen molar-refractivity contribution in [2.75, 3.05) is 25.2 Å². The molecule has 1 N–H and O–H groups in total. The van der Waals surface area contributed by atoms with E-state index >= 15 is 0 Å². The number of aromatic nitrogens is 2. The fourth-order valence-corrected chi connectivity index (χ4v) is 3.91. The van der Waals surface area contributed by atoms with E-state index in [1.165, 1.54) is 19.3 Å². The molecule has 1 saturated heterocycles. The van der Waals surface area contributed by atoms with Crippen molar-refractivity contribution < 1.29 is 18.7 Å². The second-order valence-electron chi connectivity index (χ2n) is 7.21. The summed E-state index contributed by atoms with van der Waals surface area (Å²) in [4.78, 5) is 22.7. The van der Waals surface area contributed by atoms with Crippen LogP contribution in [0.2, 0.25) is 5.02 Å². The molecule has 154 valence electrons. The van der Waals surface area contributed by atoms with E-state index in [1.54, 1.807) is 11.0 Å². The Bertz CT molecular complexity index is 888. The summed E-state index contributed by atoms with van der Waals surface area (Å²) in [5.74, 6) is 0.764. The molecule has 2 unspecified atom stereocenters. The molecule has 0 saturated carbocycles. The minimum absolute atomic E-state index is 0.0257. The molecule has 7 nitrogen and oxygen atoms in total. The average Bonchev–Trinajstić information content (AvgIpc) is 3.10. The van der Waals surface area contributed by atoms with Crippen molar-refractivity contribution in [3.8, 4) is 5.75 Å². The summed E-state index contributed by atoms with van der Waals surface area (Å²) in [5.41, 5.74) is 2.38. The zero-order valence-corrected chi connectivity index (χ0v) is 16.8. The van der Waals surface area contributed by atoms with Gasteiger partial charge < -0.3 is 19.7 Å². The molecule has 0 spiro atoms. The van der Waals surface area contributed by atoms with Gasteiger partial charge in [-0.15, -0.1) is 0 Å². The van der Waals surface area contributed by atoms with Gasteiger partial charge >= 0.3 is 0 Å². The number of hydrogen-bond donors (Lipinski definition) is 1. The third-order valence-corrected chi connectivity index (χ3v) is 5.17. The zero-order chi connectivity index (χ0) is 20.4. The summed E-state index contributed by atoms with van der Waals surface area (Å²) in [6.45, 7) is 2.98. The average molecular weight is 421 g/mol. The Morgan fingerprint density at radius 1 is 1.38 bits per heavy atom. The van der Waals surface area contributed by atoms with Gasteiger partial charge in [-0.2, -0.15) is 0 Å². The summed E-state index contributed by atoms with van der Waals surface area (Å²) in [6, 6.07) is 3.54. The van der Waals surface area contributed by atoms with Crippen LogP contribution in [0.5, 0.6) is 5.75 Å². The summed E-state index contributed by atoms with van der Waals surface area (Å²) in [6.07, 6.45) is 3.79. The normalized spacial score (nSPS) is 19.6. The molecule has 2 aliphatic rings. The number of hydrogen-bond acceptors (Lipinski definition) is 6. The van der Waals surface area contributed by atoms with E-state index < -0.39 is 6.36 Å². The smallest absolute Gasteiger partial charge is 0.258 e. The summed E-state index contributed by atoms with van der Waals surface area (Å²) in [5, 5.41) is 3.78. The molecule has 1 amide bonds. The van der Waals surface area contributed by atoms with Crippen molar-refractivity contribution in [3.63, 3.8) is 0 Å². The van der Waals surface area contributed by atoms with Crippen LogP contribution in [0.1, 0.15) is 34.8 Å². The Balaban J connectivity index is 1.41. The van der Waals surface area contributed by atoms with E-state index in [2.05, 4.69) is 15.3 Å². The lowest BCUT2D eigenvalue weighted by Gasteiger charge is -2.26. The van der Waals surface area contributed by atoms with Gasteiger partial charge in [0.15, 0.2) is 0 Å². The van der Waals surface area contributed by atoms with Crippen molar-refractivity contribution in [1.82, 2.24) is 14.9 Å². The summed E-state index contributed by atoms with van der Waals surface area (Å²) in [7, 11) is 0. The first-order chi connectivity index (χ1) is 14.0. The van der Waals surface area contributed by atoms with Gasteiger partial charge in [0.2, 0.25) is 12.3 Å². The standard InChI is InChI=1S/C20H22ClFN4O3/c1-12(22)29-18-7-15(21)5-13-6-16(8-17(13)18)25-20-23-9-14(10-24-20)19(27)26-3-2-4-28-11-26/h5,7,9-10,12,16H,2-4,6,8,11H2,1H3,(H,23,24,25). The molecule has 0 radical (unpaired) electrons. The number of rotatable bonds is 5. The minimum Gasteiger partial charge on any atom is -0.460 e. The van der Waals surface area contributed by atoms with Crippen molar-refractivity contribution in [1.29, 1.82) is 0 Å². The van der Waals surface area contributed by atoms with E-state index in [9.17, 15) is 9.18 Å². The number of nitrogens with zero attached hydrogens (tertiary/aromatic N) is 3. The third kappa shape index (κ3) is 4.59. The molecule has 1 fully saturated rings. The second-order valence-corrected chi connectivity index (χ2v) is 7.64. The molecule has 1 aromatic heterocycles. The topological polar surface area (TPSA) is 76.6 Å². The van der Waals surface area contributed by atoms with E-state index in [1.807, 2.05) is 6.07 Å². The highest BCUT2D eigenvalue weighted by molar-refractivity contribution is 6.30. The number of amides is 1. The molecule has 9 heteroatoms. The SMILES string of the molecule is CC(F)Oc1cc(Cl)cc2c1CC(Nc1ncc(C(=O)N3CCCOC3)cn1)C2. The highest BCUT2D eigenvalue weighted by atomic mass is 35.5. The number of anilines is 1. The summed E-state index contributed by atoms with van der Waals surface area (Å²) < 4.78 is 23.9. The van der Waals surface area contributed by atoms with E-state index in [4.69, 9.17) is 21.1 Å². The van der Waals surface area contributed by atoms with E-state index in [0.717, 1.165) is 17.5 Å². The van der Waals surface area contributed by atoms with Crippen LogP contribution in [-0.2, 0) is 17.6 Å². The Morgan fingerprint density at radius 2 is 2.17 bits per heavy atom. The molecular formula is C20H22ClFN4O3. The van der Waals surface area contributed by atoms with Crippen LogP contribution in [0.25, 0.3) is 0 Å². The first-order valence-electron chi connectivity index (χ1n) is 9.57. The Kier molecular flexibility index (Phi) is 5.82. The summed E-state index contributed by atoms with van der Waals surface area (Å²) >= 11 is 6.14. The first kappa shape index (κ1) is 19.8. The zero-order valence-electron chi connectivity index (χ0n) is 16.0. The van der Waals surface area contributed by atoms with Gasteiger partial charge in [-0.1, -0.05) is 11.6 Å². The Hall–Kier alpha value is -2.45. The first-order valence-corrected chi connectivity index (χ1v) is 9.95. The molecule has 1 aromatic carbocycles. The van der Waals surface area contributed by atoms with Gasteiger partial charge in [-0.25, -0.2) is 14.4 Å². The van der Waals surface area contributed by atoms with Crippen LogP contribution < -0.4 is 10.1 Å². The van der Waals surface area contributed by atoms with Crippen LogP contribution in [0, 0.1) is 0 Å². The molecule has 2 atom stereocenters. The van der Waals surface area contributed by atoms with E-state index in [-0.39, 0.29) is 11.9 Å². The van der Waals surface area contributed by atoms with Gasteiger partial charge in [0.25, 0.3) is 5.91 Å². The minimum atomic E-state index is -1.41. The van der Waals surface area contributed by atoms with Crippen LogP contribution in [-0.4, -0.2) is 53.1 Å². The van der Waals surface area contributed by atoms with Gasteiger partial charge in [0.1, 0.15) is 12.5 Å². The molecule has 4 rings (SSSR count). The molecule has 2 heterocycles. The molecule has 1 aliphatic carbocycles. The maximum atomic E-state index is 13.3. The Labute approximate surface area is 173 Å². The largest absolute Gasteiger partial charge is 0.460 e. The number of ether oxygens (including phenoxy) is 2. The van der Waals surface area contributed by atoms with Crippen molar-refractivity contribution >= 4 is 23.5 Å². The lowest BCUT2D eigenvalue weighted by molar-refractivity contribution is -0.00575. The van der Waals surface area contributed by atoms with Crippen molar-refractivity contribution in [2.45, 2.75) is 38.6 Å².